The van der Waals surface area contributed by atoms with Gasteiger partial charge in [0.05, 0.1) is 11.4 Å². The van der Waals surface area contributed by atoms with E-state index in [0.29, 0.717) is 5.92 Å². The van der Waals surface area contributed by atoms with E-state index in [4.69, 9.17) is 0 Å². The minimum absolute atomic E-state index is 0.0316. The smallest absolute Gasteiger partial charge is 0.243 e. The van der Waals surface area contributed by atoms with Crippen molar-refractivity contribution in [1.82, 2.24) is 9.62 Å². The molecule has 2 aromatic carbocycles. The van der Waals surface area contributed by atoms with E-state index in [1.165, 1.54) is 36.8 Å². The quantitative estimate of drug-likeness (QED) is 0.530. The lowest BCUT2D eigenvalue weighted by molar-refractivity contribution is -0.133. The molecule has 184 valence electrons. The van der Waals surface area contributed by atoms with Gasteiger partial charge in [-0.2, -0.15) is 0 Å². The van der Waals surface area contributed by atoms with E-state index in [1.54, 1.807) is 12.1 Å². The van der Waals surface area contributed by atoms with Gasteiger partial charge in [0, 0.05) is 25.7 Å². The van der Waals surface area contributed by atoms with Gasteiger partial charge in [0.25, 0.3) is 0 Å². The zero-order chi connectivity index (χ0) is 24.6. The SMILES string of the molecule is CCc1ccccc1NC(=O)CN(C)C(=O)CCNS(=O)(=O)c1ccc(C2CCCCC2)cc1. The van der Waals surface area contributed by atoms with E-state index in [2.05, 4.69) is 10.0 Å². The Morgan fingerprint density at radius 1 is 1.00 bits per heavy atom. The third-order valence-corrected chi connectivity index (χ3v) is 7.85. The van der Waals surface area contributed by atoms with Crippen molar-refractivity contribution in [2.75, 3.05) is 25.5 Å². The fraction of sp³-hybridized carbons (Fsp3) is 0.462. The maximum absolute atomic E-state index is 12.6. The van der Waals surface area contributed by atoms with Crippen LogP contribution in [-0.4, -0.2) is 45.3 Å². The lowest BCUT2D eigenvalue weighted by Crippen LogP contribution is -2.37. The fourth-order valence-corrected chi connectivity index (χ4v) is 5.40. The molecule has 0 atom stereocenters. The highest BCUT2D eigenvalue weighted by molar-refractivity contribution is 7.89. The second kappa shape index (κ2) is 12.1. The predicted octanol–water partition coefficient (Wildman–Crippen LogP) is 4.06. The molecule has 0 heterocycles. The minimum Gasteiger partial charge on any atom is -0.336 e. The lowest BCUT2D eigenvalue weighted by Gasteiger charge is -2.22. The van der Waals surface area contributed by atoms with E-state index >= 15 is 0 Å². The third kappa shape index (κ3) is 7.14. The first-order valence-electron chi connectivity index (χ1n) is 12.0. The number of anilines is 1. The van der Waals surface area contributed by atoms with Crippen LogP contribution in [0.25, 0.3) is 0 Å². The molecular weight excluding hydrogens is 450 g/mol. The number of benzene rings is 2. The monoisotopic (exact) mass is 485 g/mol. The topological polar surface area (TPSA) is 95.6 Å². The molecular formula is C26H35N3O4S. The summed E-state index contributed by atoms with van der Waals surface area (Å²) in [4.78, 5) is 26.2. The van der Waals surface area contributed by atoms with Crippen LogP contribution in [0.5, 0.6) is 0 Å². The number of sulfonamides is 1. The first-order chi connectivity index (χ1) is 16.3. The number of likely N-dealkylation sites (N-methyl/N-ethyl adjacent to an activating group) is 1. The molecule has 2 amide bonds. The minimum atomic E-state index is -3.70. The van der Waals surface area contributed by atoms with Crippen molar-refractivity contribution < 1.29 is 18.0 Å². The van der Waals surface area contributed by atoms with Crippen LogP contribution >= 0.6 is 0 Å². The van der Waals surface area contributed by atoms with Crippen LogP contribution in [0.1, 0.15) is 62.5 Å². The fourth-order valence-electron chi connectivity index (χ4n) is 4.37. The average molecular weight is 486 g/mol. The van der Waals surface area contributed by atoms with E-state index in [1.807, 2.05) is 43.3 Å². The Hall–Kier alpha value is -2.71. The number of hydrogen-bond acceptors (Lipinski definition) is 4. The Bertz CT molecular complexity index is 1080. The van der Waals surface area contributed by atoms with Crippen molar-refractivity contribution >= 4 is 27.5 Å². The van der Waals surface area contributed by atoms with Crippen LogP contribution < -0.4 is 10.0 Å². The lowest BCUT2D eigenvalue weighted by atomic mass is 9.84. The Balaban J connectivity index is 1.46. The first-order valence-corrected chi connectivity index (χ1v) is 13.5. The molecule has 1 aliphatic rings. The Morgan fingerprint density at radius 2 is 1.68 bits per heavy atom. The van der Waals surface area contributed by atoms with Gasteiger partial charge in [0.1, 0.15) is 0 Å². The van der Waals surface area contributed by atoms with Crippen LogP contribution in [0.4, 0.5) is 5.69 Å². The largest absolute Gasteiger partial charge is 0.336 e. The number of rotatable bonds is 10. The van der Waals surface area contributed by atoms with Crippen molar-refractivity contribution in [3.05, 3.63) is 59.7 Å². The van der Waals surface area contributed by atoms with Crippen molar-refractivity contribution in [3.8, 4) is 0 Å². The van der Waals surface area contributed by atoms with Gasteiger partial charge in [-0.15, -0.1) is 0 Å². The third-order valence-electron chi connectivity index (χ3n) is 6.38. The summed E-state index contributed by atoms with van der Waals surface area (Å²) in [5, 5.41) is 2.83. The van der Waals surface area contributed by atoms with Crippen LogP contribution in [0, 0.1) is 0 Å². The highest BCUT2D eigenvalue weighted by Crippen LogP contribution is 2.32. The first kappa shape index (κ1) is 25.9. The standard InChI is InChI=1S/C26H35N3O4S/c1-3-20-9-7-8-12-24(20)28-25(30)19-29(2)26(31)17-18-27-34(32,33)23-15-13-22(14-16-23)21-10-5-4-6-11-21/h7-9,12-16,21,27H,3-6,10-11,17-19H2,1-2H3,(H,28,30). The van der Waals surface area contributed by atoms with Crippen molar-refractivity contribution in [1.29, 1.82) is 0 Å². The summed E-state index contributed by atoms with van der Waals surface area (Å²) in [5.74, 6) is -0.0936. The summed E-state index contributed by atoms with van der Waals surface area (Å²) in [5.41, 5.74) is 2.94. The molecule has 0 spiro atoms. The molecule has 0 bridgehead atoms. The number of carbonyl (C=O) groups is 2. The Kier molecular flexibility index (Phi) is 9.24. The molecule has 7 nitrogen and oxygen atoms in total. The second-order valence-corrected chi connectivity index (χ2v) is 10.6. The van der Waals surface area contributed by atoms with E-state index in [-0.39, 0.29) is 36.2 Å². The number of carbonyl (C=O) groups excluding carboxylic acids is 2. The molecule has 8 heteroatoms. The molecule has 0 radical (unpaired) electrons. The normalized spacial score (nSPS) is 14.5. The van der Waals surface area contributed by atoms with Crippen molar-refractivity contribution in [2.45, 2.75) is 62.7 Å². The summed E-state index contributed by atoms with van der Waals surface area (Å²) < 4.78 is 27.7. The van der Waals surface area contributed by atoms with Gasteiger partial charge < -0.3 is 10.2 Å². The summed E-state index contributed by atoms with van der Waals surface area (Å²) in [6.07, 6.45) is 6.79. The second-order valence-electron chi connectivity index (χ2n) is 8.86. The molecule has 0 saturated heterocycles. The predicted molar refractivity (Wildman–Crippen MR) is 134 cm³/mol. The highest BCUT2D eigenvalue weighted by Gasteiger charge is 2.19. The zero-order valence-electron chi connectivity index (χ0n) is 20.0. The molecule has 1 fully saturated rings. The molecule has 3 rings (SSSR count). The highest BCUT2D eigenvalue weighted by atomic mass is 32.2. The molecule has 34 heavy (non-hydrogen) atoms. The van der Waals surface area contributed by atoms with Gasteiger partial charge in [0.15, 0.2) is 0 Å². The average Bonchev–Trinajstić information content (AvgIpc) is 2.84. The molecule has 1 saturated carbocycles. The van der Waals surface area contributed by atoms with Crippen LogP contribution in [-0.2, 0) is 26.0 Å². The van der Waals surface area contributed by atoms with E-state index in [0.717, 1.165) is 30.5 Å². The summed E-state index contributed by atoms with van der Waals surface area (Å²) in [7, 11) is -2.17. The van der Waals surface area contributed by atoms with Crippen molar-refractivity contribution in [2.24, 2.45) is 0 Å². The number of nitrogens with zero attached hydrogens (tertiary/aromatic N) is 1. The molecule has 0 aliphatic heterocycles. The van der Waals surface area contributed by atoms with Gasteiger partial charge >= 0.3 is 0 Å². The van der Waals surface area contributed by atoms with Gasteiger partial charge in [-0.25, -0.2) is 13.1 Å². The van der Waals surface area contributed by atoms with Crippen LogP contribution in [0.15, 0.2) is 53.4 Å². The van der Waals surface area contributed by atoms with Crippen LogP contribution in [0.3, 0.4) is 0 Å². The number of para-hydroxylation sites is 1. The molecule has 0 unspecified atom stereocenters. The zero-order valence-corrected chi connectivity index (χ0v) is 20.9. The summed E-state index contributed by atoms with van der Waals surface area (Å²) in [6.45, 7) is 1.87. The Morgan fingerprint density at radius 3 is 2.35 bits per heavy atom. The summed E-state index contributed by atoms with van der Waals surface area (Å²) in [6, 6.07) is 14.6. The van der Waals surface area contributed by atoms with Crippen molar-refractivity contribution in [3.63, 3.8) is 0 Å². The Labute approximate surface area is 203 Å². The van der Waals surface area contributed by atoms with Gasteiger partial charge in [0.2, 0.25) is 21.8 Å². The molecule has 0 aromatic heterocycles. The number of aryl methyl sites for hydroxylation is 1. The van der Waals surface area contributed by atoms with Gasteiger partial charge in [-0.3, -0.25) is 9.59 Å². The number of amides is 2. The number of hydrogen-bond donors (Lipinski definition) is 2. The van der Waals surface area contributed by atoms with Crippen LogP contribution in [0.2, 0.25) is 0 Å². The molecule has 2 aromatic rings. The maximum Gasteiger partial charge on any atom is 0.243 e. The summed E-state index contributed by atoms with van der Waals surface area (Å²) >= 11 is 0. The number of nitrogens with one attached hydrogen (secondary N) is 2. The van der Waals surface area contributed by atoms with E-state index in [9.17, 15) is 18.0 Å². The van der Waals surface area contributed by atoms with Gasteiger partial charge in [-0.05, 0) is 54.5 Å². The van der Waals surface area contributed by atoms with E-state index < -0.39 is 10.0 Å². The molecule has 2 N–H and O–H groups in total. The molecule has 1 aliphatic carbocycles. The van der Waals surface area contributed by atoms with Gasteiger partial charge in [-0.1, -0.05) is 56.5 Å². The maximum atomic E-state index is 12.6.